The maximum atomic E-state index is 12.3. The average Bonchev–Trinajstić information content (AvgIpc) is 3.03. The zero-order valence-corrected chi connectivity index (χ0v) is 14.2. The number of hydrogen-bond donors (Lipinski definition) is 1. The van der Waals surface area contributed by atoms with E-state index in [2.05, 4.69) is 10.4 Å². The first-order valence-electron chi connectivity index (χ1n) is 7.75. The third-order valence-electron chi connectivity index (χ3n) is 3.65. The number of carbonyl (C=O) groups is 1. The number of anilines is 1. The molecule has 132 valence electrons. The summed E-state index contributed by atoms with van der Waals surface area (Å²) < 4.78 is 7.25. The lowest BCUT2D eigenvalue weighted by molar-refractivity contribution is -0.384. The number of aromatic nitrogens is 2. The van der Waals surface area contributed by atoms with Gasteiger partial charge in [-0.1, -0.05) is 18.2 Å². The summed E-state index contributed by atoms with van der Waals surface area (Å²) in [6, 6.07) is 11.4. The summed E-state index contributed by atoms with van der Waals surface area (Å²) in [6.07, 6.45) is 2.97. The molecule has 1 aromatic heterocycles. The van der Waals surface area contributed by atoms with Crippen LogP contribution in [-0.4, -0.2) is 20.6 Å². The van der Waals surface area contributed by atoms with Crippen LogP contribution in [0, 0.1) is 17.0 Å². The molecule has 0 aliphatic heterocycles. The topological polar surface area (TPSA) is 99.3 Å². The minimum Gasteiger partial charge on any atom is -0.457 e. The van der Waals surface area contributed by atoms with Gasteiger partial charge in [0.15, 0.2) is 0 Å². The van der Waals surface area contributed by atoms with Gasteiger partial charge in [-0.05, 0) is 18.6 Å². The number of ether oxygens (including phenoxy) is 1. The Bertz CT molecular complexity index is 981. The molecular formula is C18H16N4O4. The predicted octanol–water partition coefficient (Wildman–Crippen LogP) is 3.68. The Labute approximate surface area is 149 Å². The van der Waals surface area contributed by atoms with Crippen LogP contribution in [0.1, 0.15) is 15.9 Å². The zero-order chi connectivity index (χ0) is 18.7. The molecule has 0 bridgehead atoms. The van der Waals surface area contributed by atoms with Crippen molar-refractivity contribution in [1.29, 1.82) is 0 Å². The fourth-order valence-corrected chi connectivity index (χ4v) is 2.36. The van der Waals surface area contributed by atoms with E-state index in [-0.39, 0.29) is 17.1 Å². The van der Waals surface area contributed by atoms with E-state index in [0.717, 1.165) is 5.56 Å². The van der Waals surface area contributed by atoms with E-state index in [1.165, 1.54) is 29.1 Å². The van der Waals surface area contributed by atoms with Gasteiger partial charge in [0, 0.05) is 25.4 Å². The number of rotatable bonds is 5. The molecule has 0 aliphatic rings. The highest BCUT2D eigenvalue weighted by molar-refractivity contribution is 6.04. The number of nitro benzene ring substituents is 1. The minimum atomic E-state index is -0.537. The van der Waals surface area contributed by atoms with Crippen molar-refractivity contribution in [2.45, 2.75) is 6.92 Å². The van der Waals surface area contributed by atoms with Crippen LogP contribution in [0.3, 0.4) is 0 Å². The molecule has 3 rings (SSSR count). The molecule has 0 spiro atoms. The van der Waals surface area contributed by atoms with Crippen molar-refractivity contribution >= 4 is 17.3 Å². The molecule has 8 heteroatoms. The molecule has 0 fully saturated rings. The molecule has 0 saturated carbocycles. The predicted molar refractivity (Wildman–Crippen MR) is 95.5 cm³/mol. The number of nitrogens with one attached hydrogen (secondary N) is 1. The molecule has 3 aromatic rings. The lowest BCUT2D eigenvalue weighted by Gasteiger charge is -2.10. The summed E-state index contributed by atoms with van der Waals surface area (Å²) in [4.78, 5) is 22.9. The molecule has 1 N–H and O–H groups in total. The highest BCUT2D eigenvalue weighted by atomic mass is 16.6. The molecule has 2 aromatic carbocycles. The van der Waals surface area contributed by atoms with Crippen molar-refractivity contribution in [1.82, 2.24) is 9.78 Å². The standard InChI is InChI=1S/C18H16N4O4/c1-12-5-3-4-6-17(12)26-16-8-14(7-15(9-16)22(24)25)20-18(23)13-10-19-21(2)11-13/h3-11H,1-2H3,(H,20,23). The summed E-state index contributed by atoms with van der Waals surface area (Å²) in [5, 5.41) is 17.8. The quantitative estimate of drug-likeness (QED) is 0.558. The van der Waals surface area contributed by atoms with Crippen molar-refractivity contribution < 1.29 is 14.5 Å². The molecule has 0 saturated heterocycles. The number of benzene rings is 2. The normalized spacial score (nSPS) is 10.4. The van der Waals surface area contributed by atoms with E-state index in [1.807, 2.05) is 25.1 Å². The van der Waals surface area contributed by atoms with E-state index < -0.39 is 10.8 Å². The highest BCUT2D eigenvalue weighted by Gasteiger charge is 2.15. The average molecular weight is 352 g/mol. The van der Waals surface area contributed by atoms with Crippen LogP contribution in [0.4, 0.5) is 11.4 Å². The Morgan fingerprint density at radius 2 is 2.04 bits per heavy atom. The number of nitro groups is 1. The molecule has 0 atom stereocenters. The van der Waals surface area contributed by atoms with Crippen molar-refractivity contribution in [3.63, 3.8) is 0 Å². The number of para-hydroxylation sites is 1. The van der Waals surface area contributed by atoms with Gasteiger partial charge in [0.05, 0.1) is 28.4 Å². The zero-order valence-electron chi connectivity index (χ0n) is 14.2. The Morgan fingerprint density at radius 3 is 2.69 bits per heavy atom. The number of non-ortho nitro benzene ring substituents is 1. The van der Waals surface area contributed by atoms with Crippen LogP contribution >= 0.6 is 0 Å². The first-order valence-corrected chi connectivity index (χ1v) is 7.75. The number of nitrogens with zero attached hydrogens (tertiary/aromatic N) is 3. The van der Waals surface area contributed by atoms with Gasteiger partial charge in [-0.3, -0.25) is 19.6 Å². The van der Waals surface area contributed by atoms with Crippen molar-refractivity contribution in [3.05, 3.63) is 76.1 Å². The monoisotopic (exact) mass is 352 g/mol. The summed E-state index contributed by atoms with van der Waals surface area (Å²) in [6.45, 7) is 1.87. The largest absolute Gasteiger partial charge is 0.457 e. The molecule has 0 unspecified atom stereocenters. The fraction of sp³-hybridized carbons (Fsp3) is 0.111. The van der Waals surface area contributed by atoms with E-state index >= 15 is 0 Å². The number of hydrogen-bond acceptors (Lipinski definition) is 5. The maximum Gasteiger partial charge on any atom is 0.275 e. The third kappa shape index (κ3) is 3.86. The van der Waals surface area contributed by atoms with E-state index in [4.69, 9.17) is 4.74 Å². The van der Waals surface area contributed by atoms with Gasteiger partial charge in [0.25, 0.3) is 11.6 Å². The van der Waals surface area contributed by atoms with Crippen LogP contribution in [-0.2, 0) is 7.05 Å². The molecule has 0 aliphatic carbocycles. The smallest absolute Gasteiger partial charge is 0.275 e. The van der Waals surface area contributed by atoms with Crippen molar-refractivity contribution in [3.8, 4) is 11.5 Å². The highest BCUT2D eigenvalue weighted by Crippen LogP contribution is 2.31. The lowest BCUT2D eigenvalue weighted by atomic mass is 10.2. The van der Waals surface area contributed by atoms with Gasteiger partial charge in [0.1, 0.15) is 11.5 Å². The number of aryl methyl sites for hydroxylation is 2. The summed E-state index contributed by atoms with van der Waals surface area (Å²) >= 11 is 0. The second-order valence-electron chi connectivity index (χ2n) is 5.70. The Balaban J connectivity index is 1.90. The summed E-state index contributed by atoms with van der Waals surface area (Å²) in [5.74, 6) is 0.424. The van der Waals surface area contributed by atoms with Gasteiger partial charge in [0.2, 0.25) is 0 Å². The van der Waals surface area contributed by atoms with E-state index in [0.29, 0.717) is 11.3 Å². The molecule has 1 amide bonds. The Hall–Kier alpha value is -3.68. The van der Waals surface area contributed by atoms with Crippen LogP contribution in [0.5, 0.6) is 11.5 Å². The summed E-state index contributed by atoms with van der Waals surface area (Å²) in [7, 11) is 1.69. The van der Waals surface area contributed by atoms with Crippen LogP contribution in [0.15, 0.2) is 54.9 Å². The van der Waals surface area contributed by atoms with Crippen LogP contribution in [0.2, 0.25) is 0 Å². The van der Waals surface area contributed by atoms with Gasteiger partial charge >= 0.3 is 0 Å². The SMILES string of the molecule is Cc1ccccc1Oc1cc(NC(=O)c2cnn(C)c2)cc([N+](=O)[O-])c1. The first-order chi connectivity index (χ1) is 12.4. The molecule has 8 nitrogen and oxygen atoms in total. The second kappa shape index (κ2) is 7.06. The molecule has 1 heterocycles. The van der Waals surface area contributed by atoms with Gasteiger partial charge in [-0.25, -0.2) is 0 Å². The molecule has 26 heavy (non-hydrogen) atoms. The fourth-order valence-electron chi connectivity index (χ4n) is 2.36. The van der Waals surface area contributed by atoms with Crippen molar-refractivity contribution in [2.75, 3.05) is 5.32 Å². The molecule has 0 radical (unpaired) electrons. The third-order valence-corrected chi connectivity index (χ3v) is 3.65. The molecular weight excluding hydrogens is 336 g/mol. The minimum absolute atomic E-state index is 0.183. The lowest BCUT2D eigenvalue weighted by Crippen LogP contribution is -2.11. The van der Waals surface area contributed by atoms with E-state index in [1.54, 1.807) is 19.3 Å². The van der Waals surface area contributed by atoms with Crippen LogP contribution < -0.4 is 10.1 Å². The Kier molecular flexibility index (Phi) is 4.66. The van der Waals surface area contributed by atoms with Gasteiger partial charge in [-0.15, -0.1) is 0 Å². The van der Waals surface area contributed by atoms with Gasteiger partial charge in [-0.2, -0.15) is 5.10 Å². The summed E-state index contributed by atoms with van der Waals surface area (Å²) in [5.41, 5.74) is 1.31. The van der Waals surface area contributed by atoms with Crippen LogP contribution in [0.25, 0.3) is 0 Å². The number of carbonyl (C=O) groups excluding carboxylic acids is 1. The second-order valence-corrected chi connectivity index (χ2v) is 5.70. The van der Waals surface area contributed by atoms with Crippen molar-refractivity contribution in [2.24, 2.45) is 7.05 Å². The maximum absolute atomic E-state index is 12.3. The number of amides is 1. The first kappa shape index (κ1) is 17.2. The Morgan fingerprint density at radius 1 is 1.27 bits per heavy atom. The van der Waals surface area contributed by atoms with E-state index in [9.17, 15) is 14.9 Å². The van der Waals surface area contributed by atoms with Gasteiger partial charge < -0.3 is 10.1 Å².